The molecule has 0 aliphatic rings. The Morgan fingerprint density at radius 3 is 2.06 bits per heavy atom. The fourth-order valence-corrected chi connectivity index (χ4v) is 2.51. The van der Waals surface area contributed by atoms with E-state index in [1.54, 1.807) is 0 Å². The maximum absolute atomic E-state index is 4.07. The number of rotatable bonds is 4. The Balaban J connectivity index is 2.51. The Morgan fingerprint density at radius 2 is 1.65 bits per heavy atom. The van der Waals surface area contributed by atoms with Gasteiger partial charge in [0.25, 0.3) is 0 Å². The molecule has 0 bridgehead atoms. The summed E-state index contributed by atoms with van der Waals surface area (Å²) in [5.41, 5.74) is 0.431. The minimum absolute atomic E-state index is 0.215. The van der Waals surface area contributed by atoms with Crippen LogP contribution in [0.1, 0.15) is 48.0 Å². The number of aryl methyl sites for hydroxylation is 1. The summed E-state index contributed by atoms with van der Waals surface area (Å²) in [7, 11) is 0. The fraction of sp³-hybridized carbons (Fsp3) is 0.786. The number of aromatic nitrogens is 2. The average Bonchev–Trinajstić information content (AvgIpc) is 2.60. The highest BCUT2D eigenvalue weighted by Gasteiger charge is 2.30. The van der Waals surface area contributed by atoms with E-state index in [2.05, 4.69) is 56.0 Å². The second-order valence-corrected chi connectivity index (χ2v) is 6.65. The monoisotopic (exact) mass is 237 g/mol. The highest BCUT2D eigenvalue weighted by molar-refractivity contribution is 4.86. The summed E-state index contributed by atoms with van der Waals surface area (Å²) >= 11 is 0. The van der Waals surface area contributed by atoms with Crippen LogP contribution < -0.4 is 0 Å². The first kappa shape index (κ1) is 14.2. The largest absolute Gasteiger partial charge is 0.337 e. The zero-order valence-electron chi connectivity index (χ0n) is 12.2. The predicted octanol–water partition coefficient (Wildman–Crippen LogP) is 3.17. The van der Waals surface area contributed by atoms with E-state index in [-0.39, 0.29) is 11.1 Å². The average molecular weight is 237 g/mol. The normalized spacial score (nSPS) is 13.4. The molecule has 1 aromatic heterocycles. The third-order valence-electron chi connectivity index (χ3n) is 2.98. The van der Waals surface area contributed by atoms with Crippen molar-refractivity contribution in [3.05, 3.63) is 18.7 Å². The van der Waals surface area contributed by atoms with E-state index in [0.29, 0.717) is 0 Å². The molecule has 0 saturated heterocycles. The molecule has 0 saturated carbocycles. The molecular weight excluding hydrogens is 210 g/mol. The molecule has 1 aromatic rings. The minimum atomic E-state index is 0.215. The summed E-state index contributed by atoms with van der Waals surface area (Å²) in [5, 5.41) is 0. The molecule has 1 rings (SSSR count). The molecule has 0 aliphatic heterocycles. The van der Waals surface area contributed by atoms with Crippen molar-refractivity contribution in [2.75, 3.05) is 6.54 Å². The van der Waals surface area contributed by atoms with Gasteiger partial charge in [0.2, 0.25) is 0 Å². The Labute approximate surface area is 106 Å². The van der Waals surface area contributed by atoms with E-state index in [1.807, 2.05) is 18.7 Å². The van der Waals surface area contributed by atoms with Crippen LogP contribution in [0, 0.1) is 0 Å². The van der Waals surface area contributed by atoms with Crippen molar-refractivity contribution >= 4 is 0 Å². The van der Waals surface area contributed by atoms with Crippen molar-refractivity contribution in [1.29, 1.82) is 0 Å². The molecule has 98 valence electrons. The summed E-state index contributed by atoms with van der Waals surface area (Å²) in [6.45, 7) is 15.9. The number of hydrogen-bond donors (Lipinski definition) is 0. The predicted molar refractivity (Wildman–Crippen MR) is 73.1 cm³/mol. The number of hydrogen-bond acceptors (Lipinski definition) is 2. The van der Waals surface area contributed by atoms with Crippen LogP contribution >= 0.6 is 0 Å². The summed E-state index contributed by atoms with van der Waals surface area (Å²) < 4.78 is 2.14. The molecule has 0 aromatic carbocycles. The van der Waals surface area contributed by atoms with Gasteiger partial charge in [-0.25, -0.2) is 4.98 Å². The van der Waals surface area contributed by atoms with E-state index in [0.717, 1.165) is 19.5 Å². The van der Waals surface area contributed by atoms with Gasteiger partial charge in [0, 0.05) is 36.6 Å². The molecule has 0 radical (unpaired) electrons. The van der Waals surface area contributed by atoms with Gasteiger partial charge in [-0.15, -0.1) is 0 Å². The van der Waals surface area contributed by atoms with Gasteiger partial charge in [-0.3, -0.25) is 4.90 Å². The van der Waals surface area contributed by atoms with Crippen LogP contribution in [-0.4, -0.2) is 32.1 Å². The molecule has 3 nitrogen and oxygen atoms in total. The Hall–Kier alpha value is -0.830. The van der Waals surface area contributed by atoms with Gasteiger partial charge >= 0.3 is 0 Å². The maximum Gasteiger partial charge on any atom is 0.0945 e. The second-order valence-electron chi connectivity index (χ2n) is 6.65. The molecule has 0 unspecified atom stereocenters. The molecule has 3 heteroatoms. The smallest absolute Gasteiger partial charge is 0.0945 e. The molecule has 0 fully saturated rings. The first-order valence-electron chi connectivity index (χ1n) is 6.45. The molecule has 0 atom stereocenters. The van der Waals surface area contributed by atoms with Crippen LogP contribution in [0.4, 0.5) is 0 Å². The van der Waals surface area contributed by atoms with Gasteiger partial charge < -0.3 is 4.57 Å². The number of nitrogens with zero attached hydrogens (tertiary/aromatic N) is 3. The summed E-state index contributed by atoms with van der Waals surface area (Å²) in [4.78, 5) is 6.63. The van der Waals surface area contributed by atoms with Gasteiger partial charge in [0.1, 0.15) is 0 Å². The second kappa shape index (κ2) is 5.21. The van der Waals surface area contributed by atoms with Gasteiger partial charge in [-0.05, 0) is 48.0 Å². The summed E-state index contributed by atoms with van der Waals surface area (Å²) in [6.07, 6.45) is 6.91. The lowest BCUT2D eigenvalue weighted by Crippen LogP contribution is -2.53. The van der Waals surface area contributed by atoms with Crippen molar-refractivity contribution in [2.45, 2.75) is 65.6 Å². The molecule has 0 spiro atoms. The molecule has 0 amide bonds. The quantitative estimate of drug-likeness (QED) is 0.802. The van der Waals surface area contributed by atoms with E-state index < -0.39 is 0 Å². The van der Waals surface area contributed by atoms with Crippen LogP contribution in [0.25, 0.3) is 0 Å². The molecule has 17 heavy (non-hydrogen) atoms. The minimum Gasteiger partial charge on any atom is -0.337 e. The SMILES string of the molecule is CC(C)(C)N(CCCn1ccnc1)C(C)(C)C. The van der Waals surface area contributed by atoms with Crippen molar-refractivity contribution < 1.29 is 0 Å². The third-order valence-corrected chi connectivity index (χ3v) is 2.98. The lowest BCUT2D eigenvalue weighted by molar-refractivity contribution is 0.0362. The van der Waals surface area contributed by atoms with Gasteiger partial charge in [-0.2, -0.15) is 0 Å². The van der Waals surface area contributed by atoms with E-state index in [9.17, 15) is 0 Å². The first-order chi connectivity index (χ1) is 7.71. The summed E-state index contributed by atoms with van der Waals surface area (Å²) in [5.74, 6) is 0. The molecular formula is C14H27N3. The van der Waals surface area contributed by atoms with Crippen LogP contribution in [-0.2, 0) is 6.54 Å². The Kier molecular flexibility index (Phi) is 4.36. The zero-order valence-corrected chi connectivity index (χ0v) is 12.2. The summed E-state index contributed by atoms with van der Waals surface area (Å²) in [6, 6.07) is 0. The standard InChI is InChI=1S/C14H27N3/c1-13(2,3)17(14(4,5)6)10-7-9-16-11-8-15-12-16/h8,11-12H,7,9-10H2,1-6H3. The Morgan fingerprint density at radius 1 is 1.06 bits per heavy atom. The van der Waals surface area contributed by atoms with Crippen LogP contribution in [0.2, 0.25) is 0 Å². The topological polar surface area (TPSA) is 21.1 Å². The lowest BCUT2D eigenvalue weighted by atomic mass is 9.95. The van der Waals surface area contributed by atoms with Crippen LogP contribution in [0.3, 0.4) is 0 Å². The number of imidazole rings is 1. The molecule has 0 aliphatic carbocycles. The fourth-order valence-electron chi connectivity index (χ4n) is 2.51. The van der Waals surface area contributed by atoms with Crippen molar-refractivity contribution in [1.82, 2.24) is 14.5 Å². The van der Waals surface area contributed by atoms with Crippen LogP contribution in [0.15, 0.2) is 18.7 Å². The first-order valence-corrected chi connectivity index (χ1v) is 6.45. The van der Waals surface area contributed by atoms with Gasteiger partial charge in [-0.1, -0.05) is 0 Å². The molecule has 0 N–H and O–H groups in total. The van der Waals surface area contributed by atoms with Crippen molar-refractivity contribution in [3.8, 4) is 0 Å². The van der Waals surface area contributed by atoms with E-state index in [1.165, 1.54) is 0 Å². The zero-order chi connectivity index (χ0) is 13.1. The maximum atomic E-state index is 4.07. The highest BCUT2D eigenvalue weighted by Crippen LogP contribution is 2.24. The van der Waals surface area contributed by atoms with Gasteiger partial charge in [0.15, 0.2) is 0 Å². The lowest BCUT2D eigenvalue weighted by Gasteiger charge is -2.45. The highest BCUT2D eigenvalue weighted by atomic mass is 15.2. The Bertz CT molecular complexity index is 300. The van der Waals surface area contributed by atoms with Crippen molar-refractivity contribution in [3.63, 3.8) is 0 Å². The van der Waals surface area contributed by atoms with E-state index in [4.69, 9.17) is 0 Å². The third kappa shape index (κ3) is 4.50. The van der Waals surface area contributed by atoms with Gasteiger partial charge in [0.05, 0.1) is 6.33 Å². The van der Waals surface area contributed by atoms with E-state index >= 15 is 0 Å². The van der Waals surface area contributed by atoms with Crippen LogP contribution in [0.5, 0.6) is 0 Å². The molecule has 1 heterocycles. The van der Waals surface area contributed by atoms with Crippen molar-refractivity contribution in [2.24, 2.45) is 0 Å².